The van der Waals surface area contributed by atoms with Crippen LogP contribution in [0.3, 0.4) is 0 Å². The van der Waals surface area contributed by atoms with Gasteiger partial charge in [-0.15, -0.1) is 6.58 Å². The van der Waals surface area contributed by atoms with Gasteiger partial charge in [0.1, 0.15) is 0 Å². The summed E-state index contributed by atoms with van der Waals surface area (Å²) in [6, 6.07) is 0.530. The molecule has 0 unspecified atom stereocenters. The van der Waals surface area contributed by atoms with Crippen LogP contribution in [-0.2, 0) is 13.0 Å². The van der Waals surface area contributed by atoms with Gasteiger partial charge in [-0.2, -0.15) is 0 Å². The molecule has 1 fully saturated rings. The molecule has 2 heterocycles. The van der Waals surface area contributed by atoms with Gasteiger partial charge in [0, 0.05) is 38.4 Å². The van der Waals surface area contributed by atoms with Gasteiger partial charge in [-0.25, -0.2) is 4.98 Å². The Morgan fingerprint density at radius 2 is 2.47 bits per heavy atom. The number of nitrogens with zero attached hydrogens (tertiary/aromatic N) is 3. The van der Waals surface area contributed by atoms with E-state index in [9.17, 15) is 0 Å². The summed E-state index contributed by atoms with van der Waals surface area (Å²) in [4.78, 5) is 7.08. The van der Waals surface area contributed by atoms with Crippen molar-refractivity contribution in [2.24, 2.45) is 0 Å². The van der Waals surface area contributed by atoms with Crippen LogP contribution in [0.5, 0.6) is 0 Å². The molecule has 0 aliphatic carbocycles. The van der Waals surface area contributed by atoms with E-state index in [1.807, 2.05) is 6.08 Å². The average Bonchev–Trinajstić information content (AvgIpc) is 2.73. The summed E-state index contributed by atoms with van der Waals surface area (Å²) < 4.78 is 2.20. The van der Waals surface area contributed by atoms with Crippen LogP contribution in [0.25, 0.3) is 0 Å². The number of anilines is 1. The molecule has 0 aromatic carbocycles. The predicted molar refractivity (Wildman–Crippen MR) is 71.5 cm³/mol. The Labute approximate surface area is 103 Å². The van der Waals surface area contributed by atoms with Crippen molar-refractivity contribution >= 4 is 5.95 Å². The lowest BCUT2D eigenvalue weighted by Gasteiger charge is -2.32. The van der Waals surface area contributed by atoms with Gasteiger partial charge in [-0.3, -0.25) is 0 Å². The van der Waals surface area contributed by atoms with Crippen LogP contribution in [0.1, 0.15) is 19.5 Å². The maximum absolute atomic E-state index is 4.72. The number of aromatic nitrogens is 2. The summed E-state index contributed by atoms with van der Waals surface area (Å²) in [5.41, 5.74) is 1.16. The molecule has 1 N–H and O–H groups in total. The zero-order valence-electron chi connectivity index (χ0n) is 10.8. The second kappa shape index (κ2) is 5.36. The topological polar surface area (TPSA) is 33.1 Å². The second-order valence-electron chi connectivity index (χ2n) is 4.63. The van der Waals surface area contributed by atoms with Gasteiger partial charge in [0.2, 0.25) is 5.95 Å². The van der Waals surface area contributed by atoms with Gasteiger partial charge in [0.05, 0.1) is 5.69 Å². The molecule has 4 nitrogen and oxygen atoms in total. The first-order valence-electron chi connectivity index (χ1n) is 6.39. The number of imidazole rings is 1. The first-order chi connectivity index (χ1) is 8.24. The van der Waals surface area contributed by atoms with Crippen molar-refractivity contribution < 1.29 is 0 Å². The Bertz CT molecular complexity index is 383. The Morgan fingerprint density at radius 1 is 1.65 bits per heavy atom. The van der Waals surface area contributed by atoms with Crippen molar-refractivity contribution in [1.82, 2.24) is 14.9 Å². The van der Waals surface area contributed by atoms with E-state index in [1.54, 1.807) is 0 Å². The second-order valence-corrected chi connectivity index (χ2v) is 4.63. The van der Waals surface area contributed by atoms with Crippen molar-refractivity contribution in [3.05, 3.63) is 24.5 Å². The third-order valence-electron chi connectivity index (χ3n) is 3.15. The van der Waals surface area contributed by atoms with Crippen LogP contribution in [0.15, 0.2) is 18.9 Å². The molecule has 1 aromatic heterocycles. The molecule has 17 heavy (non-hydrogen) atoms. The molecule has 1 atom stereocenters. The third kappa shape index (κ3) is 2.69. The predicted octanol–water partition coefficient (Wildman–Crippen LogP) is 1.43. The van der Waals surface area contributed by atoms with Gasteiger partial charge >= 0.3 is 0 Å². The molecular weight excluding hydrogens is 212 g/mol. The summed E-state index contributed by atoms with van der Waals surface area (Å²) in [6.45, 7) is 12.1. The monoisotopic (exact) mass is 234 g/mol. The molecule has 1 aromatic rings. The van der Waals surface area contributed by atoms with Gasteiger partial charge in [-0.1, -0.05) is 13.0 Å². The fourth-order valence-electron chi connectivity index (χ4n) is 2.27. The SMILES string of the molecule is C=CCn1cc(CC)nc1N1CCN[C@H](C)C1. The number of nitrogens with one attached hydrogen (secondary N) is 1. The van der Waals surface area contributed by atoms with E-state index in [0.29, 0.717) is 6.04 Å². The highest BCUT2D eigenvalue weighted by atomic mass is 15.3. The number of rotatable bonds is 4. The van der Waals surface area contributed by atoms with Crippen LogP contribution in [0, 0.1) is 0 Å². The fourth-order valence-corrected chi connectivity index (χ4v) is 2.27. The highest BCUT2D eigenvalue weighted by Gasteiger charge is 2.20. The first kappa shape index (κ1) is 12.2. The number of hydrogen-bond acceptors (Lipinski definition) is 3. The maximum Gasteiger partial charge on any atom is 0.206 e. The Balaban J connectivity index is 2.22. The highest BCUT2D eigenvalue weighted by molar-refractivity contribution is 5.35. The number of allylic oxidation sites excluding steroid dienone is 1. The molecule has 1 aliphatic rings. The van der Waals surface area contributed by atoms with E-state index in [0.717, 1.165) is 44.2 Å². The smallest absolute Gasteiger partial charge is 0.206 e. The van der Waals surface area contributed by atoms with E-state index < -0.39 is 0 Å². The first-order valence-corrected chi connectivity index (χ1v) is 6.39. The molecule has 0 radical (unpaired) electrons. The van der Waals surface area contributed by atoms with Crippen LogP contribution in [0.2, 0.25) is 0 Å². The summed E-state index contributed by atoms with van der Waals surface area (Å²) in [6.07, 6.45) is 5.05. The van der Waals surface area contributed by atoms with E-state index >= 15 is 0 Å². The van der Waals surface area contributed by atoms with E-state index in [2.05, 4.69) is 41.4 Å². The molecule has 1 aliphatic heterocycles. The lowest BCUT2D eigenvalue weighted by atomic mass is 10.2. The fraction of sp³-hybridized carbons (Fsp3) is 0.615. The number of aryl methyl sites for hydroxylation is 1. The molecule has 0 bridgehead atoms. The standard InChI is InChI=1S/C13H22N4/c1-4-7-16-10-12(5-2)15-13(16)17-8-6-14-11(3)9-17/h4,10-11,14H,1,5-9H2,2-3H3/t11-/m1/s1. The average molecular weight is 234 g/mol. The summed E-state index contributed by atoms with van der Waals surface area (Å²) in [5.74, 6) is 1.09. The van der Waals surface area contributed by atoms with Gasteiger partial charge in [0.15, 0.2) is 0 Å². The lowest BCUT2D eigenvalue weighted by Crippen LogP contribution is -2.50. The summed E-state index contributed by atoms with van der Waals surface area (Å²) >= 11 is 0. The van der Waals surface area contributed by atoms with Gasteiger partial charge in [0.25, 0.3) is 0 Å². The maximum atomic E-state index is 4.72. The van der Waals surface area contributed by atoms with Crippen LogP contribution in [0.4, 0.5) is 5.95 Å². The minimum atomic E-state index is 0.530. The molecule has 0 saturated carbocycles. The Hall–Kier alpha value is -1.29. The number of hydrogen-bond donors (Lipinski definition) is 1. The molecule has 2 rings (SSSR count). The minimum Gasteiger partial charge on any atom is -0.339 e. The zero-order chi connectivity index (χ0) is 12.3. The summed E-state index contributed by atoms with van der Waals surface area (Å²) in [5, 5.41) is 3.46. The van der Waals surface area contributed by atoms with E-state index in [4.69, 9.17) is 4.98 Å². The van der Waals surface area contributed by atoms with E-state index in [-0.39, 0.29) is 0 Å². The van der Waals surface area contributed by atoms with Crippen LogP contribution < -0.4 is 10.2 Å². The highest BCUT2D eigenvalue weighted by Crippen LogP contribution is 2.17. The molecule has 94 valence electrons. The Kier molecular flexibility index (Phi) is 3.84. The zero-order valence-corrected chi connectivity index (χ0v) is 10.8. The van der Waals surface area contributed by atoms with Crippen molar-refractivity contribution in [2.75, 3.05) is 24.5 Å². The molecule has 4 heteroatoms. The van der Waals surface area contributed by atoms with Gasteiger partial charge < -0.3 is 14.8 Å². The van der Waals surface area contributed by atoms with Crippen molar-refractivity contribution in [3.8, 4) is 0 Å². The lowest BCUT2D eigenvalue weighted by molar-refractivity contribution is 0.475. The number of piperazine rings is 1. The van der Waals surface area contributed by atoms with Gasteiger partial charge in [-0.05, 0) is 13.3 Å². The largest absolute Gasteiger partial charge is 0.339 e. The molecular formula is C13H22N4. The summed E-state index contributed by atoms with van der Waals surface area (Å²) in [7, 11) is 0. The molecule has 0 spiro atoms. The van der Waals surface area contributed by atoms with Crippen molar-refractivity contribution in [3.63, 3.8) is 0 Å². The Morgan fingerprint density at radius 3 is 3.12 bits per heavy atom. The molecule has 1 saturated heterocycles. The van der Waals surface area contributed by atoms with Crippen LogP contribution in [-0.4, -0.2) is 35.2 Å². The quantitative estimate of drug-likeness (QED) is 0.800. The normalized spacial score (nSPS) is 20.6. The van der Waals surface area contributed by atoms with E-state index in [1.165, 1.54) is 0 Å². The van der Waals surface area contributed by atoms with Crippen molar-refractivity contribution in [2.45, 2.75) is 32.9 Å². The minimum absolute atomic E-state index is 0.530. The van der Waals surface area contributed by atoms with Crippen molar-refractivity contribution in [1.29, 1.82) is 0 Å². The molecule has 0 amide bonds. The van der Waals surface area contributed by atoms with Crippen LogP contribution >= 0.6 is 0 Å². The third-order valence-corrected chi connectivity index (χ3v) is 3.15.